The van der Waals surface area contributed by atoms with Gasteiger partial charge in [0.2, 0.25) is 0 Å². The summed E-state index contributed by atoms with van der Waals surface area (Å²) in [7, 11) is 2.38. The molecular weight excluding hydrogens is 288 g/mol. The molecule has 0 aliphatic carbocycles. The van der Waals surface area contributed by atoms with Crippen LogP contribution in [-0.2, 0) is 24.7 Å². The van der Waals surface area contributed by atoms with E-state index < -0.39 is 23.3 Å². The van der Waals surface area contributed by atoms with Crippen molar-refractivity contribution in [1.29, 1.82) is 0 Å². The third kappa shape index (κ3) is 2.01. The maximum atomic E-state index is 12.8. The maximum absolute atomic E-state index is 12.8. The molecule has 1 saturated heterocycles. The number of hydrogen-bond acceptors (Lipinski definition) is 5. The topological polar surface area (TPSA) is 76.2 Å². The van der Waals surface area contributed by atoms with E-state index in [2.05, 4.69) is 0 Å². The van der Waals surface area contributed by atoms with Gasteiger partial charge >= 0.3 is 6.03 Å². The smallest absolute Gasteiger partial charge is 0.270 e. The van der Waals surface area contributed by atoms with Gasteiger partial charge in [0, 0.05) is 0 Å². The van der Waals surface area contributed by atoms with E-state index in [1.54, 1.807) is 32.0 Å². The molecule has 0 unspecified atom stereocenters. The molecule has 1 aliphatic heterocycles. The maximum Gasteiger partial charge on any atom is 0.382 e. The zero-order chi connectivity index (χ0) is 16.5. The van der Waals surface area contributed by atoms with Gasteiger partial charge in [-0.05, 0) is 24.5 Å². The molecule has 1 heterocycles. The quantitative estimate of drug-likeness (QED) is 0.789. The number of imide groups is 2. The molecule has 0 N–H and O–H groups in total. The lowest BCUT2D eigenvalue weighted by atomic mass is 9.73. The molecule has 7 heteroatoms. The van der Waals surface area contributed by atoms with Crippen LogP contribution in [0.2, 0.25) is 0 Å². The van der Waals surface area contributed by atoms with E-state index in [1.165, 1.54) is 14.2 Å². The van der Waals surface area contributed by atoms with Crippen molar-refractivity contribution >= 4 is 17.8 Å². The van der Waals surface area contributed by atoms with Crippen molar-refractivity contribution in [2.75, 3.05) is 14.2 Å². The zero-order valence-corrected chi connectivity index (χ0v) is 13.0. The molecule has 0 radical (unpaired) electrons. The van der Waals surface area contributed by atoms with E-state index in [0.29, 0.717) is 15.7 Å². The van der Waals surface area contributed by atoms with Crippen LogP contribution < -0.4 is 0 Å². The number of carbonyl (C=O) groups excluding carboxylic acids is 3. The van der Waals surface area contributed by atoms with Gasteiger partial charge in [-0.3, -0.25) is 19.3 Å². The molecule has 1 fully saturated rings. The number of amides is 4. The van der Waals surface area contributed by atoms with Crippen molar-refractivity contribution in [3.63, 3.8) is 0 Å². The predicted octanol–water partition coefficient (Wildman–Crippen LogP) is 1.56. The van der Waals surface area contributed by atoms with E-state index in [4.69, 9.17) is 9.68 Å². The van der Waals surface area contributed by atoms with Crippen molar-refractivity contribution in [1.82, 2.24) is 10.1 Å². The highest BCUT2D eigenvalue weighted by molar-refractivity contribution is 6.21. The number of benzene rings is 1. The largest absolute Gasteiger partial charge is 0.382 e. The molecule has 0 atom stereocenters. The van der Waals surface area contributed by atoms with Crippen molar-refractivity contribution in [3.05, 3.63) is 35.4 Å². The molecule has 118 valence electrons. The van der Waals surface area contributed by atoms with Crippen molar-refractivity contribution < 1.29 is 24.1 Å². The minimum atomic E-state index is -1.55. The Bertz CT molecular complexity index is 602. The van der Waals surface area contributed by atoms with Gasteiger partial charge in [0.25, 0.3) is 11.8 Å². The fourth-order valence-corrected chi connectivity index (χ4v) is 2.79. The summed E-state index contributed by atoms with van der Waals surface area (Å²) in [5, 5.41) is 1.11. The Kier molecular flexibility index (Phi) is 4.30. The predicted molar refractivity (Wildman–Crippen MR) is 76.3 cm³/mol. The monoisotopic (exact) mass is 306 g/mol. The van der Waals surface area contributed by atoms with E-state index in [1.807, 2.05) is 6.07 Å². The summed E-state index contributed by atoms with van der Waals surface area (Å²) in [5.74, 6) is -1.43. The lowest BCUT2D eigenvalue weighted by Gasteiger charge is -2.41. The highest BCUT2D eigenvalue weighted by atomic mass is 16.7. The first-order valence-corrected chi connectivity index (χ1v) is 6.83. The SMILES string of the molecule is CCC1(c2ccccc2C)C(=O)N(OC)C(=O)N(OC)C1=O. The fourth-order valence-electron chi connectivity index (χ4n) is 2.79. The molecule has 0 aromatic heterocycles. The number of urea groups is 1. The molecule has 2 rings (SSSR count). The van der Waals surface area contributed by atoms with Crippen molar-refractivity contribution in [2.24, 2.45) is 0 Å². The number of carbonyl (C=O) groups is 3. The highest BCUT2D eigenvalue weighted by Crippen LogP contribution is 2.38. The van der Waals surface area contributed by atoms with Crippen LogP contribution in [0, 0.1) is 6.92 Å². The Morgan fingerprint density at radius 3 is 1.91 bits per heavy atom. The van der Waals surface area contributed by atoms with Crippen molar-refractivity contribution in [3.8, 4) is 0 Å². The molecular formula is C15H18N2O5. The van der Waals surface area contributed by atoms with Gasteiger partial charge in [-0.15, -0.1) is 10.1 Å². The van der Waals surface area contributed by atoms with Crippen LogP contribution in [0.3, 0.4) is 0 Å². The fraction of sp³-hybridized carbons (Fsp3) is 0.400. The third-order valence-electron chi connectivity index (χ3n) is 3.95. The van der Waals surface area contributed by atoms with Gasteiger partial charge in [0.1, 0.15) is 0 Å². The molecule has 4 amide bonds. The minimum absolute atomic E-state index is 0.169. The van der Waals surface area contributed by atoms with Gasteiger partial charge < -0.3 is 0 Å². The Balaban J connectivity index is 2.71. The number of rotatable bonds is 4. The van der Waals surface area contributed by atoms with Crippen LogP contribution in [0.1, 0.15) is 24.5 Å². The molecule has 0 saturated carbocycles. The Labute approximate surface area is 128 Å². The molecule has 1 aromatic carbocycles. The standard InChI is InChI=1S/C15H18N2O5/c1-5-15(11-9-7-6-8-10(11)2)12(18)16(21-3)14(20)17(22-4)13(15)19/h6-9H,5H2,1-4H3. The normalized spacial score (nSPS) is 18.1. The summed E-state index contributed by atoms with van der Waals surface area (Å²) in [4.78, 5) is 47.5. The van der Waals surface area contributed by atoms with Crippen LogP contribution >= 0.6 is 0 Å². The van der Waals surface area contributed by atoms with Gasteiger partial charge in [-0.1, -0.05) is 31.2 Å². The average Bonchev–Trinajstić information content (AvgIpc) is 2.51. The number of barbiturate groups is 1. The summed E-state index contributed by atoms with van der Waals surface area (Å²) in [6, 6.07) is 6.10. The molecule has 0 bridgehead atoms. The molecule has 1 aliphatic rings. The van der Waals surface area contributed by atoms with E-state index in [0.717, 1.165) is 5.56 Å². The molecule has 0 spiro atoms. The van der Waals surface area contributed by atoms with Crippen LogP contribution in [0.5, 0.6) is 0 Å². The zero-order valence-electron chi connectivity index (χ0n) is 13.0. The second-order valence-corrected chi connectivity index (χ2v) is 4.92. The number of nitrogens with zero attached hydrogens (tertiary/aromatic N) is 2. The average molecular weight is 306 g/mol. The van der Waals surface area contributed by atoms with Gasteiger partial charge in [0.05, 0.1) is 14.2 Å². The summed E-state index contributed by atoms with van der Waals surface area (Å²) in [6.07, 6.45) is 0.169. The van der Waals surface area contributed by atoms with Crippen LogP contribution in [0.15, 0.2) is 24.3 Å². The van der Waals surface area contributed by atoms with Gasteiger partial charge in [-0.2, -0.15) is 0 Å². The van der Waals surface area contributed by atoms with Crippen molar-refractivity contribution in [2.45, 2.75) is 25.7 Å². The van der Waals surface area contributed by atoms with E-state index in [9.17, 15) is 14.4 Å². The van der Waals surface area contributed by atoms with Crippen LogP contribution in [-0.4, -0.2) is 42.2 Å². The third-order valence-corrected chi connectivity index (χ3v) is 3.95. The highest BCUT2D eigenvalue weighted by Gasteiger charge is 2.59. The Morgan fingerprint density at radius 2 is 1.50 bits per heavy atom. The van der Waals surface area contributed by atoms with Crippen LogP contribution in [0.25, 0.3) is 0 Å². The van der Waals surface area contributed by atoms with E-state index >= 15 is 0 Å². The Morgan fingerprint density at radius 1 is 1.00 bits per heavy atom. The minimum Gasteiger partial charge on any atom is -0.270 e. The lowest BCUT2D eigenvalue weighted by molar-refractivity contribution is -0.207. The molecule has 22 heavy (non-hydrogen) atoms. The number of hydrogen-bond donors (Lipinski definition) is 0. The van der Waals surface area contributed by atoms with Gasteiger partial charge in [0.15, 0.2) is 5.41 Å². The van der Waals surface area contributed by atoms with E-state index in [-0.39, 0.29) is 6.42 Å². The molecule has 7 nitrogen and oxygen atoms in total. The second-order valence-electron chi connectivity index (χ2n) is 4.92. The van der Waals surface area contributed by atoms with Gasteiger partial charge in [-0.25, -0.2) is 4.79 Å². The summed E-state index contributed by atoms with van der Waals surface area (Å²) in [6.45, 7) is 3.51. The summed E-state index contributed by atoms with van der Waals surface area (Å²) < 4.78 is 0. The number of hydroxylamine groups is 4. The second kappa shape index (κ2) is 5.86. The molecule has 1 aromatic rings. The van der Waals surface area contributed by atoms with Crippen LogP contribution in [0.4, 0.5) is 4.79 Å². The number of aryl methyl sites for hydroxylation is 1. The first kappa shape index (κ1) is 16.1. The first-order valence-electron chi connectivity index (χ1n) is 6.83. The Hall–Kier alpha value is -2.25. The lowest BCUT2D eigenvalue weighted by Crippen LogP contribution is -2.66. The first-order chi connectivity index (χ1) is 10.4. The summed E-state index contributed by atoms with van der Waals surface area (Å²) in [5.41, 5.74) is -0.248. The summed E-state index contributed by atoms with van der Waals surface area (Å²) >= 11 is 0.